The van der Waals surface area contributed by atoms with E-state index in [4.69, 9.17) is 10.8 Å². The monoisotopic (exact) mass is 268 g/mol. The van der Waals surface area contributed by atoms with Gasteiger partial charge in [-0.1, -0.05) is 12.1 Å². The maximum absolute atomic E-state index is 8.99. The van der Waals surface area contributed by atoms with Crippen LogP contribution in [0.4, 0.5) is 0 Å². The standard InChI is InChI=1S/C11H13BrN2O/c1-14-5-9(12)8-3-2-7(4-11(8)14)10(13)6-15/h2-5,10,15H,6,13H2,1H3. The molecule has 2 aromatic rings. The number of nitrogens with two attached hydrogens (primary N) is 1. The van der Waals surface area contributed by atoms with E-state index in [1.807, 2.05) is 36.0 Å². The summed E-state index contributed by atoms with van der Waals surface area (Å²) in [6.07, 6.45) is 2.01. The molecule has 80 valence electrons. The van der Waals surface area contributed by atoms with Gasteiger partial charge in [0.05, 0.1) is 12.6 Å². The normalized spacial score (nSPS) is 13.3. The molecule has 1 atom stereocenters. The number of aliphatic hydroxyl groups excluding tert-OH is 1. The summed E-state index contributed by atoms with van der Waals surface area (Å²) in [6, 6.07) is 5.68. The Kier molecular flexibility index (Phi) is 2.82. The highest BCUT2D eigenvalue weighted by molar-refractivity contribution is 9.10. The van der Waals surface area contributed by atoms with Gasteiger partial charge in [-0.05, 0) is 27.6 Å². The highest BCUT2D eigenvalue weighted by Gasteiger charge is 2.08. The van der Waals surface area contributed by atoms with Crippen molar-refractivity contribution in [2.45, 2.75) is 6.04 Å². The van der Waals surface area contributed by atoms with E-state index in [9.17, 15) is 0 Å². The highest BCUT2D eigenvalue weighted by atomic mass is 79.9. The molecular weight excluding hydrogens is 256 g/mol. The van der Waals surface area contributed by atoms with Crippen LogP contribution in [0.5, 0.6) is 0 Å². The summed E-state index contributed by atoms with van der Waals surface area (Å²) in [5.41, 5.74) is 7.84. The Bertz CT molecular complexity index is 493. The molecule has 2 rings (SSSR count). The Hall–Kier alpha value is -0.840. The van der Waals surface area contributed by atoms with Crippen LogP contribution in [0, 0.1) is 0 Å². The molecule has 1 aromatic heterocycles. The third-order valence-electron chi connectivity index (χ3n) is 2.59. The van der Waals surface area contributed by atoms with Gasteiger partial charge in [0, 0.05) is 28.6 Å². The molecule has 0 aliphatic carbocycles. The Morgan fingerprint density at radius 3 is 2.93 bits per heavy atom. The van der Waals surface area contributed by atoms with Crippen molar-refractivity contribution >= 4 is 26.8 Å². The van der Waals surface area contributed by atoms with Gasteiger partial charge in [-0.3, -0.25) is 0 Å². The Morgan fingerprint density at radius 1 is 1.53 bits per heavy atom. The molecule has 0 saturated carbocycles. The summed E-state index contributed by atoms with van der Waals surface area (Å²) in [5, 5.41) is 10.2. The van der Waals surface area contributed by atoms with Gasteiger partial charge in [-0.2, -0.15) is 0 Å². The Balaban J connectivity index is 2.60. The zero-order valence-electron chi connectivity index (χ0n) is 8.44. The maximum atomic E-state index is 8.99. The van der Waals surface area contributed by atoms with Crippen molar-refractivity contribution in [2.75, 3.05) is 6.61 Å². The molecule has 1 unspecified atom stereocenters. The van der Waals surface area contributed by atoms with E-state index in [2.05, 4.69) is 15.9 Å². The van der Waals surface area contributed by atoms with E-state index < -0.39 is 0 Å². The molecule has 1 heterocycles. The van der Waals surface area contributed by atoms with Crippen molar-refractivity contribution < 1.29 is 5.11 Å². The van der Waals surface area contributed by atoms with Gasteiger partial charge in [0.15, 0.2) is 0 Å². The van der Waals surface area contributed by atoms with Crippen LogP contribution in [0.3, 0.4) is 0 Å². The summed E-state index contributed by atoms with van der Waals surface area (Å²) in [7, 11) is 1.99. The molecule has 0 bridgehead atoms. The van der Waals surface area contributed by atoms with Crippen molar-refractivity contribution in [2.24, 2.45) is 12.8 Å². The average molecular weight is 269 g/mol. The van der Waals surface area contributed by atoms with Crippen LogP contribution in [0.2, 0.25) is 0 Å². The number of halogens is 1. The van der Waals surface area contributed by atoms with Crippen molar-refractivity contribution in [3.63, 3.8) is 0 Å². The first-order chi connectivity index (χ1) is 7.13. The van der Waals surface area contributed by atoms with Crippen molar-refractivity contribution in [1.82, 2.24) is 4.57 Å². The second-order valence-electron chi connectivity index (χ2n) is 3.65. The first-order valence-corrected chi connectivity index (χ1v) is 5.53. The fraction of sp³-hybridized carbons (Fsp3) is 0.273. The molecule has 0 saturated heterocycles. The lowest BCUT2D eigenvalue weighted by Crippen LogP contribution is -2.14. The first-order valence-electron chi connectivity index (χ1n) is 4.74. The first kappa shape index (κ1) is 10.7. The number of aromatic nitrogens is 1. The van der Waals surface area contributed by atoms with Crippen LogP contribution in [0.25, 0.3) is 10.9 Å². The second kappa shape index (κ2) is 3.96. The topological polar surface area (TPSA) is 51.2 Å². The number of fused-ring (bicyclic) bond motifs is 1. The van der Waals surface area contributed by atoms with Crippen molar-refractivity contribution in [3.05, 3.63) is 34.4 Å². The number of rotatable bonds is 2. The van der Waals surface area contributed by atoms with Gasteiger partial charge in [0.25, 0.3) is 0 Å². The number of aliphatic hydroxyl groups is 1. The number of benzene rings is 1. The van der Waals surface area contributed by atoms with Crippen LogP contribution < -0.4 is 5.73 Å². The number of hydrogen-bond acceptors (Lipinski definition) is 2. The average Bonchev–Trinajstić information content (AvgIpc) is 2.53. The molecule has 4 heteroatoms. The SMILES string of the molecule is Cn1cc(Br)c2ccc(C(N)CO)cc21. The van der Waals surface area contributed by atoms with Crippen molar-refractivity contribution in [1.29, 1.82) is 0 Å². The molecule has 3 N–H and O–H groups in total. The summed E-state index contributed by atoms with van der Waals surface area (Å²) in [5.74, 6) is 0. The smallest absolute Gasteiger partial charge is 0.0624 e. The van der Waals surface area contributed by atoms with Gasteiger partial charge >= 0.3 is 0 Å². The van der Waals surface area contributed by atoms with Crippen molar-refractivity contribution in [3.8, 4) is 0 Å². The molecule has 0 aliphatic heterocycles. The molecule has 15 heavy (non-hydrogen) atoms. The van der Waals surface area contributed by atoms with E-state index >= 15 is 0 Å². The van der Waals surface area contributed by atoms with Gasteiger partial charge in [-0.15, -0.1) is 0 Å². The van der Waals surface area contributed by atoms with E-state index in [1.165, 1.54) is 0 Å². The largest absolute Gasteiger partial charge is 0.394 e. The highest BCUT2D eigenvalue weighted by Crippen LogP contribution is 2.27. The minimum Gasteiger partial charge on any atom is -0.394 e. The number of nitrogens with zero attached hydrogens (tertiary/aromatic N) is 1. The van der Waals surface area contributed by atoms with Gasteiger partial charge < -0.3 is 15.4 Å². The maximum Gasteiger partial charge on any atom is 0.0624 e. The van der Waals surface area contributed by atoms with Crippen LogP contribution in [0.1, 0.15) is 11.6 Å². The molecule has 0 aliphatic rings. The Labute approximate surface area is 96.6 Å². The molecular formula is C11H13BrN2O. The second-order valence-corrected chi connectivity index (χ2v) is 4.51. The van der Waals surface area contributed by atoms with Crippen LogP contribution in [-0.4, -0.2) is 16.3 Å². The Morgan fingerprint density at radius 2 is 2.27 bits per heavy atom. The van der Waals surface area contributed by atoms with E-state index in [0.29, 0.717) is 0 Å². The predicted molar refractivity (Wildman–Crippen MR) is 64.6 cm³/mol. The molecule has 0 fully saturated rings. The molecule has 0 radical (unpaired) electrons. The molecule has 1 aromatic carbocycles. The zero-order chi connectivity index (χ0) is 11.0. The number of hydrogen-bond donors (Lipinski definition) is 2. The lowest BCUT2D eigenvalue weighted by Gasteiger charge is -2.08. The summed E-state index contributed by atoms with van der Waals surface area (Å²) < 4.78 is 3.11. The molecule has 3 nitrogen and oxygen atoms in total. The van der Waals surface area contributed by atoms with E-state index in [1.54, 1.807) is 0 Å². The van der Waals surface area contributed by atoms with Crippen LogP contribution in [-0.2, 0) is 7.05 Å². The zero-order valence-corrected chi connectivity index (χ0v) is 10.0. The molecule has 0 spiro atoms. The van der Waals surface area contributed by atoms with Crippen LogP contribution >= 0.6 is 15.9 Å². The summed E-state index contributed by atoms with van der Waals surface area (Å²) in [6.45, 7) is -0.0307. The fourth-order valence-electron chi connectivity index (χ4n) is 1.69. The lowest BCUT2D eigenvalue weighted by atomic mass is 10.1. The molecule has 0 amide bonds. The lowest BCUT2D eigenvalue weighted by molar-refractivity contribution is 0.268. The van der Waals surface area contributed by atoms with E-state index in [0.717, 1.165) is 20.9 Å². The predicted octanol–water partition coefficient (Wildman–Crippen LogP) is 1.93. The third-order valence-corrected chi connectivity index (χ3v) is 3.22. The number of aryl methyl sites for hydroxylation is 1. The summed E-state index contributed by atoms with van der Waals surface area (Å²) in [4.78, 5) is 0. The summed E-state index contributed by atoms with van der Waals surface area (Å²) >= 11 is 3.49. The van der Waals surface area contributed by atoms with Gasteiger partial charge in [-0.25, -0.2) is 0 Å². The third kappa shape index (κ3) is 1.80. The van der Waals surface area contributed by atoms with E-state index in [-0.39, 0.29) is 12.6 Å². The van der Waals surface area contributed by atoms with Gasteiger partial charge in [0.2, 0.25) is 0 Å². The quantitative estimate of drug-likeness (QED) is 0.875. The minimum absolute atomic E-state index is 0.0307. The van der Waals surface area contributed by atoms with Crippen LogP contribution in [0.15, 0.2) is 28.9 Å². The minimum atomic E-state index is -0.303. The fourth-order valence-corrected chi connectivity index (χ4v) is 2.33. The van der Waals surface area contributed by atoms with Gasteiger partial charge in [0.1, 0.15) is 0 Å².